The first kappa shape index (κ1) is 41.7. The third-order valence-corrected chi connectivity index (χ3v) is 16.2. The van der Waals surface area contributed by atoms with Crippen molar-refractivity contribution in [2.75, 3.05) is 0 Å². The molecule has 338 valence electrons. The molecule has 4 heteroatoms. The van der Waals surface area contributed by atoms with Gasteiger partial charge in [-0.1, -0.05) is 156 Å². The van der Waals surface area contributed by atoms with Gasteiger partial charge in [0.2, 0.25) is 0 Å². The highest BCUT2D eigenvalue weighted by Crippen LogP contribution is 2.61. The summed E-state index contributed by atoms with van der Waals surface area (Å²) in [5, 5.41) is 10.8. The van der Waals surface area contributed by atoms with Crippen molar-refractivity contribution in [2.24, 2.45) is 0 Å². The van der Waals surface area contributed by atoms with Crippen LogP contribution >= 0.6 is 0 Å². The standard InChI is InChI=1S/C64H62N4/c1-61(2,3)33-15-23-43-45(25-33)53-41-21-13-35(63(7,8)9)27-47(41)55(43)59-51-32-52-60-56-44-24-16-34(62(4,5)6)26-46(44)54(42-22-14-36(28-48(42)56)64(10,11)12)58(60)50(68-52)31-40-20-18-38(66-40)29-37-17-19-39(65-37)30-49(67-51)57(53)59/h13-32,57-60,65-66H,1-12H3. The lowest BCUT2D eigenvalue weighted by atomic mass is 9.65. The van der Waals surface area contributed by atoms with E-state index >= 15 is 0 Å². The van der Waals surface area contributed by atoms with Crippen molar-refractivity contribution in [3.05, 3.63) is 189 Å². The number of benzene rings is 6. The Balaban J connectivity index is 1.17. The molecule has 15 rings (SSSR count). The van der Waals surface area contributed by atoms with Crippen LogP contribution in [-0.2, 0) is 21.7 Å². The molecule has 6 aromatic carbocycles. The van der Waals surface area contributed by atoms with Crippen LogP contribution in [0.15, 0.2) is 121 Å². The number of hydrogen-bond acceptors (Lipinski definition) is 2. The second kappa shape index (κ2) is 13.6. The molecule has 0 fully saturated rings. The normalized spacial score (nSPS) is 18.9. The van der Waals surface area contributed by atoms with Crippen LogP contribution in [0.25, 0.3) is 65.2 Å². The molecule has 0 radical (unpaired) electrons. The number of H-pyrrole nitrogens is 2. The summed E-state index contributed by atoms with van der Waals surface area (Å²) < 4.78 is 0. The largest absolute Gasteiger partial charge is 0.355 e. The molecule has 0 saturated carbocycles. The molecule has 0 saturated heterocycles. The van der Waals surface area contributed by atoms with Crippen LogP contribution in [0.4, 0.5) is 0 Å². The smallest absolute Gasteiger partial charge is 0.0513 e. The van der Waals surface area contributed by atoms with Crippen LogP contribution in [0.1, 0.15) is 174 Å². The molecule has 4 nitrogen and oxygen atoms in total. The predicted molar refractivity (Wildman–Crippen MR) is 286 cm³/mol. The van der Waals surface area contributed by atoms with Gasteiger partial charge in [-0.2, -0.15) is 0 Å². The van der Waals surface area contributed by atoms with Crippen molar-refractivity contribution < 1.29 is 0 Å². The Morgan fingerprint density at radius 3 is 0.794 bits per heavy atom. The number of aromatic nitrogens is 4. The quantitative estimate of drug-likeness (QED) is 0.149. The summed E-state index contributed by atoms with van der Waals surface area (Å²) in [4.78, 5) is 19.3. The van der Waals surface area contributed by atoms with E-state index in [1.807, 2.05) is 0 Å². The van der Waals surface area contributed by atoms with Crippen LogP contribution in [0.2, 0.25) is 0 Å². The number of hydrogen-bond donors (Lipinski definition) is 2. The average molecular weight is 887 g/mol. The summed E-state index contributed by atoms with van der Waals surface area (Å²) in [5.41, 5.74) is 19.7. The third-order valence-electron chi connectivity index (χ3n) is 16.2. The Bertz CT molecular complexity index is 3620. The van der Waals surface area contributed by atoms with E-state index in [4.69, 9.17) is 9.97 Å². The maximum Gasteiger partial charge on any atom is 0.0513 e. The number of nitrogens with zero attached hydrogens (tertiary/aromatic N) is 2. The molecule has 2 N–H and O–H groups in total. The maximum absolute atomic E-state index is 5.88. The zero-order chi connectivity index (χ0) is 47.1. The van der Waals surface area contributed by atoms with E-state index < -0.39 is 0 Å². The minimum atomic E-state index is 0.00345. The van der Waals surface area contributed by atoms with E-state index in [0.717, 1.165) is 44.8 Å². The Hall–Kier alpha value is -6.52. The molecule has 4 unspecified atom stereocenters. The van der Waals surface area contributed by atoms with E-state index in [9.17, 15) is 0 Å². The first-order chi connectivity index (χ1) is 32.2. The lowest BCUT2D eigenvalue weighted by Gasteiger charge is -2.36. The van der Waals surface area contributed by atoms with Gasteiger partial charge in [0.15, 0.2) is 0 Å². The minimum Gasteiger partial charge on any atom is -0.355 e. The van der Waals surface area contributed by atoms with Crippen LogP contribution in [-0.4, -0.2) is 19.9 Å². The second-order valence-corrected chi connectivity index (χ2v) is 24.8. The minimum absolute atomic E-state index is 0.00345. The summed E-state index contributed by atoms with van der Waals surface area (Å²) in [6.07, 6.45) is 0. The van der Waals surface area contributed by atoms with Gasteiger partial charge in [-0.3, -0.25) is 9.97 Å². The molecule has 4 aliphatic carbocycles. The molecular weight excluding hydrogens is 825 g/mol. The van der Waals surface area contributed by atoms with Gasteiger partial charge < -0.3 is 9.97 Å². The van der Waals surface area contributed by atoms with Crippen LogP contribution in [0.3, 0.4) is 0 Å². The monoisotopic (exact) mass is 886 g/mol. The third kappa shape index (κ3) is 6.04. The van der Waals surface area contributed by atoms with Crippen LogP contribution < -0.4 is 0 Å². The van der Waals surface area contributed by atoms with E-state index in [-0.39, 0.29) is 45.3 Å². The zero-order valence-electron chi connectivity index (χ0n) is 41.8. The van der Waals surface area contributed by atoms with Crippen LogP contribution in [0, 0.1) is 0 Å². The summed E-state index contributed by atoms with van der Waals surface area (Å²) >= 11 is 0. The fourth-order valence-corrected chi connectivity index (χ4v) is 12.6. The van der Waals surface area contributed by atoms with Crippen molar-refractivity contribution in [3.8, 4) is 0 Å². The molecule has 12 bridgehead atoms. The van der Waals surface area contributed by atoms with Gasteiger partial charge >= 0.3 is 0 Å². The van der Waals surface area contributed by atoms with Crippen molar-refractivity contribution >= 4 is 65.2 Å². The molecule has 68 heavy (non-hydrogen) atoms. The van der Waals surface area contributed by atoms with E-state index in [1.165, 1.54) is 87.6 Å². The summed E-state index contributed by atoms with van der Waals surface area (Å²) in [5.74, 6) is 0.160. The molecule has 0 spiro atoms. The molecule has 3 aromatic heterocycles. The van der Waals surface area contributed by atoms with Gasteiger partial charge in [0.1, 0.15) is 0 Å². The maximum atomic E-state index is 5.88. The van der Waals surface area contributed by atoms with Gasteiger partial charge in [-0.25, -0.2) is 0 Å². The highest BCUT2D eigenvalue weighted by atomic mass is 14.8. The Kier molecular flexibility index (Phi) is 8.32. The van der Waals surface area contributed by atoms with Crippen LogP contribution in [0.5, 0.6) is 0 Å². The Morgan fingerprint density at radius 2 is 0.529 bits per heavy atom. The molecule has 5 heterocycles. The number of nitrogens with one attached hydrogen (secondary N) is 2. The first-order valence-electron chi connectivity index (χ1n) is 25.0. The van der Waals surface area contributed by atoms with Gasteiger partial charge in [-0.05, 0) is 158 Å². The molecule has 2 aliphatic heterocycles. The summed E-state index contributed by atoms with van der Waals surface area (Å²) in [7, 11) is 0. The second-order valence-electron chi connectivity index (χ2n) is 24.8. The summed E-state index contributed by atoms with van der Waals surface area (Å²) in [6, 6.07) is 47.4. The topological polar surface area (TPSA) is 57.4 Å². The molecule has 9 aromatic rings. The van der Waals surface area contributed by atoms with Crippen molar-refractivity contribution in [2.45, 2.75) is 128 Å². The fraction of sp³-hybridized carbons (Fsp3) is 0.312. The zero-order valence-corrected chi connectivity index (χ0v) is 41.8. The number of rotatable bonds is 0. The van der Waals surface area contributed by atoms with Gasteiger partial charge in [0, 0.05) is 45.7 Å². The average Bonchev–Trinajstić information content (AvgIpc) is 4.08. The molecular formula is C64H62N4. The Labute approximate surface area is 400 Å². The lowest BCUT2D eigenvalue weighted by molar-refractivity contribution is 0.590. The lowest BCUT2D eigenvalue weighted by Crippen LogP contribution is -2.20. The van der Waals surface area contributed by atoms with Crippen molar-refractivity contribution in [1.29, 1.82) is 0 Å². The molecule has 0 amide bonds. The molecule has 4 atom stereocenters. The van der Waals surface area contributed by atoms with Gasteiger partial charge in [0.25, 0.3) is 0 Å². The number of aromatic amines is 2. The highest BCUT2D eigenvalue weighted by Gasteiger charge is 2.47. The SMILES string of the molecule is CC(C)(C)c1ccc2c3c4cc(C(C)(C)C)ccc4c(c2c1)C1c2cc4nc(cc5ccc(cc6ccc(cc(n2)C31)[nH]6)[nH]5)C1c2c3ccc(C(C)(C)C)cc3c(c3ccc(C(C)(C)C)cc23)C41. The van der Waals surface area contributed by atoms with Crippen molar-refractivity contribution in [1.82, 2.24) is 19.9 Å². The van der Waals surface area contributed by atoms with E-state index in [1.54, 1.807) is 0 Å². The predicted octanol–water partition coefficient (Wildman–Crippen LogP) is 16.7. The van der Waals surface area contributed by atoms with E-state index in [2.05, 4.69) is 214 Å². The van der Waals surface area contributed by atoms with E-state index in [0.29, 0.717) is 0 Å². The number of fused-ring (bicyclic) bond motifs is 8. The molecule has 6 aliphatic rings. The van der Waals surface area contributed by atoms with Gasteiger partial charge in [0.05, 0.1) is 22.8 Å². The highest BCUT2D eigenvalue weighted by molar-refractivity contribution is 6.12. The Morgan fingerprint density at radius 1 is 0.279 bits per heavy atom. The fourth-order valence-electron chi connectivity index (χ4n) is 12.6. The van der Waals surface area contributed by atoms with Crippen molar-refractivity contribution in [3.63, 3.8) is 0 Å². The first-order valence-corrected chi connectivity index (χ1v) is 25.0. The summed E-state index contributed by atoms with van der Waals surface area (Å²) in [6.45, 7) is 28.0. The van der Waals surface area contributed by atoms with Gasteiger partial charge in [-0.15, -0.1) is 0 Å².